The predicted molar refractivity (Wildman–Crippen MR) is 61.2 cm³/mol. The third kappa shape index (κ3) is 2.39. The van der Waals surface area contributed by atoms with Crippen LogP contribution >= 0.6 is 23.2 Å². The number of aryl methyl sites for hydroxylation is 1. The second kappa shape index (κ2) is 4.20. The van der Waals surface area contributed by atoms with Crippen LogP contribution in [0.5, 0.6) is 5.75 Å². The van der Waals surface area contributed by atoms with Crippen molar-refractivity contribution in [3.63, 3.8) is 0 Å². The SMILES string of the molecule is Cc1cc(OCC2CO2)c(C)c(Cl)c1Cl. The molecule has 2 nitrogen and oxygen atoms in total. The molecule has 1 fully saturated rings. The second-order valence-electron chi connectivity index (χ2n) is 3.71. The average molecular weight is 247 g/mol. The fourth-order valence-electron chi connectivity index (χ4n) is 1.31. The molecule has 15 heavy (non-hydrogen) atoms. The van der Waals surface area contributed by atoms with Gasteiger partial charge in [-0.1, -0.05) is 23.2 Å². The Hall–Kier alpha value is -0.440. The van der Waals surface area contributed by atoms with Gasteiger partial charge in [-0.3, -0.25) is 0 Å². The van der Waals surface area contributed by atoms with Crippen molar-refractivity contribution < 1.29 is 9.47 Å². The van der Waals surface area contributed by atoms with Crippen LogP contribution in [0, 0.1) is 13.8 Å². The van der Waals surface area contributed by atoms with E-state index in [1.165, 1.54) is 0 Å². The van der Waals surface area contributed by atoms with Crippen LogP contribution < -0.4 is 4.74 Å². The molecule has 0 saturated carbocycles. The highest BCUT2D eigenvalue weighted by atomic mass is 35.5. The van der Waals surface area contributed by atoms with E-state index in [-0.39, 0.29) is 6.10 Å². The Morgan fingerprint density at radius 1 is 1.40 bits per heavy atom. The Morgan fingerprint density at radius 3 is 2.67 bits per heavy atom. The van der Waals surface area contributed by atoms with E-state index < -0.39 is 0 Å². The Kier molecular flexibility index (Phi) is 3.10. The minimum atomic E-state index is 0.249. The molecule has 1 aromatic rings. The molecular formula is C11H12Cl2O2. The van der Waals surface area contributed by atoms with Gasteiger partial charge in [0.2, 0.25) is 0 Å². The third-order valence-electron chi connectivity index (χ3n) is 2.41. The number of hydrogen-bond donors (Lipinski definition) is 0. The summed E-state index contributed by atoms with van der Waals surface area (Å²) in [7, 11) is 0. The van der Waals surface area contributed by atoms with E-state index in [0.717, 1.165) is 23.5 Å². The maximum atomic E-state index is 6.08. The van der Waals surface area contributed by atoms with Gasteiger partial charge >= 0.3 is 0 Å². The van der Waals surface area contributed by atoms with Crippen molar-refractivity contribution in [3.8, 4) is 5.75 Å². The van der Waals surface area contributed by atoms with E-state index in [1.807, 2.05) is 19.9 Å². The molecule has 1 heterocycles. The van der Waals surface area contributed by atoms with Gasteiger partial charge in [0.25, 0.3) is 0 Å². The summed E-state index contributed by atoms with van der Waals surface area (Å²) in [5, 5.41) is 1.17. The molecule has 0 amide bonds. The van der Waals surface area contributed by atoms with Gasteiger partial charge in [-0.05, 0) is 25.5 Å². The highest BCUT2D eigenvalue weighted by Crippen LogP contribution is 2.35. The molecule has 0 N–H and O–H groups in total. The summed E-state index contributed by atoms with van der Waals surface area (Å²) in [6.45, 7) is 5.18. The van der Waals surface area contributed by atoms with Crippen molar-refractivity contribution in [1.29, 1.82) is 0 Å². The zero-order valence-electron chi connectivity index (χ0n) is 8.64. The van der Waals surface area contributed by atoms with Gasteiger partial charge in [-0.25, -0.2) is 0 Å². The summed E-state index contributed by atoms with van der Waals surface area (Å²) in [5.41, 5.74) is 1.81. The number of halogens is 2. The van der Waals surface area contributed by atoms with Crippen LogP contribution in [-0.2, 0) is 4.74 Å². The molecule has 2 rings (SSSR count). The standard InChI is InChI=1S/C11H12Cl2O2/c1-6-3-9(15-5-8-4-14-8)7(2)11(13)10(6)12/h3,8H,4-5H2,1-2H3. The lowest BCUT2D eigenvalue weighted by atomic mass is 10.1. The Morgan fingerprint density at radius 2 is 2.07 bits per heavy atom. The first-order chi connectivity index (χ1) is 7.09. The van der Waals surface area contributed by atoms with E-state index in [1.54, 1.807) is 0 Å². The van der Waals surface area contributed by atoms with E-state index in [0.29, 0.717) is 16.7 Å². The fourth-order valence-corrected chi connectivity index (χ4v) is 1.75. The van der Waals surface area contributed by atoms with Crippen molar-refractivity contribution in [2.75, 3.05) is 13.2 Å². The van der Waals surface area contributed by atoms with Crippen molar-refractivity contribution in [3.05, 3.63) is 27.2 Å². The fraction of sp³-hybridized carbons (Fsp3) is 0.455. The number of benzene rings is 1. The summed E-state index contributed by atoms with van der Waals surface area (Å²) < 4.78 is 10.7. The maximum Gasteiger partial charge on any atom is 0.124 e. The Labute approximate surface area is 99.1 Å². The third-order valence-corrected chi connectivity index (χ3v) is 3.47. The number of ether oxygens (including phenoxy) is 2. The smallest absolute Gasteiger partial charge is 0.124 e. The molecule has 0 radical (unpaired) electrons. The van der Waals surface area contributed by atoms with Gasteiger partial charge < -0.3 is 9.47 Å². The number of epoxide rings is 1. The van der Waals surface area contributed by atoms with Gasteiger partial charge in [-0.2, -0.15) is 0 Å². The first-order valence-electron chi connectivity index (χ1n) is 4.79. The predicted octanol–water partition coefficient (Wildman–Crippen LogP) is 3.39. The van der Waals surface area contributed by atoms with Crippen LogP contribution in [-0.4, -0.2) is 19.3 Å². The minimum absolute atomic E-state index is 0.249. The second-order valence-corrected chi connectivity index (χ2v) is 4.47. The molecule has 0 bridgehead atoms. The van der Waals surface area contributed by atoms with Crippen molar-refractivity contribution in [2.24, 2.45) is 0 Å². The lowest BCUT2D eigenvalue weighted by Gasteiger charge is -2.12. The van der Waals surface area contributed by atoms with Crippen molar-refractivity contribution in [1.82, 2.24) is 0 Å². The first-order valence-corrected chi connectivity index (χ1v) is 5.54. The average Bonchev–Trinajstić information content (AvgIpc) is 3.02. The summed E-state index contributed by atoms with van der Waals surface area (Å²) >= 11 is 12.1. The van der Waals surface area contributed by atoms with E-state index in [2.05, 4.69) is 0 Å². The molecule has 1 saturated heterocycles. The van der Waals surface area contributed by atoms with Crippen LogP contribution in [0.15, 0.2) is 6.07 Å². The Balaban J connectivity index is 2.21. The van der Waals surface area contributed by atoms with Crippen molar-refractivity contribution in [2.45, 2.75) is 20.0 Å². The summed E-state index contributed by atoms with van der Waals surface area (Å²) in [6.07, 6.45) is 0.249. The number of rotatable bonds is 3. The topological polar surface area (TPSA) is 21.8 Å². The molecule has 1 aliphatic heterocycles. The van der Waals surface area contributed by atoms with E-state index in [4.69, 9.17) is 32.7 Å². The first kappa shape index (κ1) is 11.1. The zero-order valence-corrected chi connectivity index (χ0v) is 10.2. The summed E-state index contributed by atoms with van der Waals surface area (Å²) in [5.74, 6) is 0.789. The lowest BCUT2D eigenvalue weighted by Crippen LogP contribution is -2.05. The van der Waals surface area contributed by atoms with Crippen LogP contribution in [0.1, 0.15) is 11.1 Å². The molecule has 82 valence electrons. The van der Waals surface area contributed by atoms with Gasteiger partial charge in [0.05, 0.1) is 16.7 Å². The monoisotopic (exact) mass is 246 g/mol. The highest BCUT2D eigenvalue weighted by molar-refractivity contribution is 6.43. The Bertz CT molecular complexity index is 387. The van der Waals surface area contributed by atoms with Crippen LogP contribution in [0.3, 0.4) is 0 Å². The normalized spacial score (nSPS) is 19.1. The summed E-state index contributed by atoms with van der Waals surface area (Å²) in [4.78, 5) is 0. The van der Waals surface area contributed by atoms with E-state index in [9.17, 15) is 0 Å². The van der Waals surface area contributed by atoms with Gasteiger partial charge in [0, 0.05) is 5.56 Å². The largest absolute Gasteiger partial charge is 0.490 e. The molecule has 1 unspecified atom stereocenters. The van der Waals surface area contributed by atoms with E-state index >= 15 is 0 Å². The quantitative estimate of drug-likeness (QED) is 0.763. The molecule has 0 spiro atoms. The van der Waals surface area contributed by atoms with Crippen molar-refractivity contribution >= 4 is 23.2 Å². The molecule has 1 aliphatic rings. The van der Waals surface area contributed by atoms with Gasteiger partial charge in [-0.15, -0.1) is 0 Å². The minimum Gasteiger partial charge on any atom is -0.490 e. The van der Waals surface area contributed by atoms with Gasteiger partial charge in [0.15, 0.2) is 0 Å². The highest BCUT2D eigenvalue weighted by Gasteiger charge is 2.23. The molecule has 1 atom stereocenters. The molecular weight excluding hydrogens is 235 g/mol. The molecule has 0 aliphatic carbocycles. The maximum absolute atomic E-state index is 6.08. The molecule has 4 heteroatoms. The summed E-state index contributed by atoms with van der Waals surface area (Å²) in [6, 6.07) is 1.91. The van der Waals surface area contributed by atoms with Crippen LogP contribution in [0.4, 0.5) is 0 Å². The number of hydrogen-bond acceptors (Lipinski definition) is 2. The molecule has 1 aromatic carbocycles. The zero-order chi connectivity index (χ0) is 11.0. The van der Waals surface area contributed by atoms with Crippen LogP contribution in [0.25, 0.3) is 0 Å². The van der Waals surface area contributed by atoms with Gasteiger partial charge in [0.1, 0.15) is 18.5 Å². The molecule has 0 aromatic heterocycles. The lowest BCUT2D eigenvalue weighted by molar-refractivity contribution is 0.261. The van der Waals surface area contributed by atoms with Crippen LogP contribution in [0.2, 0.25) is 10.0 Å².